The largest absolute Gasteiger partial charge is 0.469 e. The van der Waals surface area contributed by atoms with Gasteiger partial charge < -0.3 is 10.5 Å². The standard InChI is InChI=1S/C11H14FNO2S/c1-15-11(14)4-5-16-10-3-2-9(12)6-8(10)7-13/h2-3,6H,4-5,7,13H2,1H3. The molecule has 0 aliphatic rings. The van der Waals surface area contributed by atoms with E-state index in [1.165, 1.54) is 31.0 Å². The van der Waals surface area contributed by atoms with Crippen molar-refractivity contribution in [2.24, 2.45) is 5.73 Å². The van der Waals surface area contributed by atoms with Gasteiger partial charge in [-0.15, -0.1) is 11.8 Å². The molecule has 0 atom stereocenters. The zero-order chi connectivity index (χ0) is 12.0. The van der Waals surface area contributed by atoms with Gasteiger partial charge in [0.25, 0.3) is 0 Å². The molecule has 0 fully saturated rings. The highest BCUT2D eigenvalue weighted by Crippen LogP contribution is 2.24. The highest BCUT2D eigenvalue weighted by atomic mass is 32.2. The van der Waals surface area contributed by atoms with Crippen LogP contribution >= 0.6 is 11.8 Å². The van der Waals surface area contributed by atoms with Gasteiger partial charge >= 0.3 is 5.97 Å². The number of rotatable bonds is 5. The van der Waals surface area contributed by atoms with Gasteiger partial charge in [-0.05, 0) is 23.8 Å². The Bertz CT molecular complexity index is 371. The molecule has 5 heteroatoms. The summed E-state index contributed by atoms with van der Waals surface area (Å²) in [6.45, 7) is 0.290. The first kappa shape index (κ1) is 13.0. The van der Waals surface area contributed by atoms with Crippen LogP contribution in [0, 0.1) is 5.82 Å². The predicted molar refractivity (Wildman–Crippen MR) is 61.6 cm³/mol. The zero-order valence-corrected chi connectivity index (χ0v) is 9.85. The molecule has 0 aliphatic carbocycles. The van der Waals surface area contributed by atoms with E-state index in [2.05, 4.69) is 4.74 Å². The minimum Gasteiger partial charge on any atom is -0.469 e. The minimum absolute atomic E-state index is 0.246. The van der Waals surface area contributed by atoms with Gasteiger partial charge in [-0.3, -0.25) is 4.79 Å². The van der Waals surface area contributed by atoms with Crippen LogP contribution < -0.4 is 5.73 Å². The molecule has 2 N–H and O–H groups in total. The number of nitrogens with two attached hydrogens (primary N) is 1. The summed E-state index contributed by atoms with van der Waals surface area (Å²) in [5.74, 6) is 0.0624. The van der Waals surface area contributed by atoms with E-state index in [0.29, 0.717) is 12.2 Å². The van der Waals surface area contributed by atoms with E-state index >= 15 is 0 Å². The lowest BCUT2D eigenvalue weighted by molar-refractivity contribution is -0.140. The van der Waals surface area contributed by atoms with Gasteiger partial charge in [0, 0.05) is 17.2 Å². The molecule has 0 unspecified atom stereocenters. The van der Waals surface area contributed by atoms with E-state index in [-0.39, 0.29) is 18.3 Å². The van der Waals surface area contributed by atoms with Crippen LogP contribution in [0.15, 0.2) is 23.1 Å². The van der Waals surface area contributed by atoms with Gasteiger partial charge in [-0.2, -0.15) is 0 Å². The van der Waals surface area contributed by atoms with Crippen LogP contribution in [0.2, 0.25) is 0 Å². The molecule has 0 aliphatic heterocycles. The minimum atomic E-state index is -0.294. The van der Waals surface area contributed by atoms with Crippen molar-refractivity contribution in [1.29, 1.82) is 0 Å². The Hall–Kier alpha value is -1.07. The Labute approximate surface area is 98.2 Å². The second kappa shape index (κ2) is 6.50. The molecular weight excluding hydrogens is 229 g/mol. The molecule has 16 heavy (non-hydrogen) atoms. The summed E-state index contributed by atoms with van der Waals surface area (Å²) in [6.07, 6.45) is 0.336. The monoisotopic (exact) mass is 243 g/mol. The molecule has 88 valence electrons. The maximum absolute atomic E-state index is 12.9. The van der Waals surface area contributed by atoms with E-state index in [4.69, 9.17) is 5.73 Å². The van der Waals surface area contributed by atoms with Crippen LogP contribution in [-0.2, 0) is 16.1 Å². The van der Waals surface area contributed by atoms with E-state index < -0.39 is 0 Å². The van der Waals surface area contributed by atoms with Gasteiger partial charge in [-0.25, -0.2) is 4.39 Å². The lowest BCUT2D eigenvalue weighted by Crippen LogP contribution is -2.02. The number of hydrogen-bond donors (Lipinski definition) is 1. The molecule has 0 saturated carbocycles. The number of ether oxygens (including phenoxy) is 1. The molecule has 0 bridgehead atoms. The number of thioether (sulfide) groups is 1. The first-order valence-electron chi connectivity index (χ1n) is 4.85. The molecule has 0 amide bonds. The number of methoxy groups -OCH3 is 1. The summed E-state index contributed by atoms with van der Waals surface area (Å²) in [5.41, 5.74) is 6.26. The Kier molecular flexibility index (Phi) is 5.28. The average Bonchev–Trinajstić information content (AvgIpc) is 2.30. The van der Waals surface area contributed by atoms with Crippen molar-refractivity contribution in [3.05, 3.63) is 29.6 Å². The molecular formula is C11H14FNO2S. The van der Waals surface area contributed by atoms with Gasteiger partial charge in [0.1, 0.15) is 5.82 Å². The van der Waals surface area contributed by atoms with E-state index in [0.717, 1.165) is 10.5 Å². The topological polar surface area (TPSA) is 52.3 Å². The summed E-state index contributed by atoms with van der Waals surface area (Å²) in [4.78, 5) is 11.8. The van der Waals surface area contributed by atoms with Crippen molar-refractivity contribution in [1.82, 2.24) is 0 Å². The number of hydrogen-bond acceptors (Lipinski definition) is 4. The van der Waals surface area contributed by atoms with Crippen molar-refractivity contribution in [3.63, 3.8) is 0 Å². The fraction of sp³-hybridized carbons (Fsp3) is 0.364. The summed E-state index contributed by atoms with van der Waals surface area (Å²) in [6, 6.07) is 4.49. The van der Waals surface area contributed by atoms with Crippen LogP contribution in [0.5, 0.6) is 0 Å². The molecule has 1 aromatic rings. The predicted octanol–water partition coefficient (Wildman–Crippen LogP) is 1.94. The van der Waals surface area contributed by atoms with Crippen LogP contribution in [0.4, 0.5) is 4.39 Å². The lowest BCUT2D eigenvalue weighted by Gasteiger charge is -2.06. The van der Waals surface area contributed by atoms with Crippen molar-refractivity contribution >= 4 is 17.7 Å². The molecule has 3 nitrogen and oxygen atoms in total. The Morgan fingerprint density at radius 3 is 2.94 bits per heavy atom. The summed E-state index contributed by atoms with van der Waals surface area (Å²) in [5, 5.41) is 0. The number of halogens is 1. The fourth-order valence-electron chi connectivity index (χ4n) is 1.19. The third-order valence-electron chi connectivity index (χ3n) is 2.03. The number of benzene rings is 1. The quantitative estimate of drug-likeness (QED) is 0.634. The number of esters is 1. The first-order chi connectivity index (χ1) is 7.67. The summed E-state index contributed by atoms with van der Waals surface area (Å²) < 4.78 is 17.4. The third kappa shape index (κ3) is 3.83. The van der Waals surface area contributed by atoms with E-state index in [1.807, 2.05) is 0 Å². The Morgan fingerprint density at radius 1 is 1.56 bits per heavy atom. The summed E-state index contributed by atoms with van der Waals surface area (Å²) in [7, 11) is 1.36. The van der Waals surface area contributed by atoms with Crippen molar-refractivity contribution < 1.29 is 13.9 Å². The van der Waals surface area contributed by atoms with Gasteiger partial charge in [-0.1, -0.05) is 0 Å². The Morgan fingerprint density at radius 2 is 2.31 bits per heavy atom. The fourth-order valence-corrected chi connectivity index (χ4v) is 2.18. The molecule has 0 aromatic heterocycles. The van der Waals surface area contributed by atoms with Crippen LogP contribution in [0.3, 0.4) is 0 Å². The second-order valence-electron chi connectivity index (χ2n) is 3.13. The molecule has 0 saturated heterocycles. The third-order valence-corrected chi connectivity index (χ3v) is 3.15. The van der Waals surface area contributed by atoms with Gasteiger partial charge in [0.15, 0.2) is 0 Å². The second-order valence-corrected chi connectivity index (χ2v) is 4.27. The molecule has 1 aromatic carbocycles. The highest BCUT2D eigenvalue weighted by molar-refractivity contribution is 7.99. The summed E-state index contributed by atoms with van der Waals surface area (Å²) >= 11 is 1.48. The van der Waals surface area contributed by atoms with Crippen molar-refractivity contribution in [2.45, 2.75) is 17.9 Å². The number of carbonyl (C=O) groups excluding carboxylic acids is 1. The number of carbonyl (C=O) groups is 1. The first-order valence-corrected chi connectivity index (χ1v) is 5.84. The van der Waals surface area contributed by atoms with E-state index in [1.54, 1.807) is 6.07 Å². The van der Waals surface area contributed by atoms with Gasteiger partial charge in [0.2, 0.25) is 0 Å². The van der Waals surface area contributed by atoms with Crippen LogP contribution in [-0.4, -0.2) is 18.8 Å². The van der Waals surface area contributed by atoms with Crippen LogP contribution in [0.1, 0.15) is 12.0 Å². The lowest BCUT2D eigenvalue weighted by atomic mass is 10.2. The molecule has 0 heterocycles. The Balaban J connectivity index is 2.56. The zero-order valence-electron chi connectivity index (χ0n) is 9.03. The molecule has 0 radical (unpaired) electrons. The van der Waals surface area contributed by atoms with Crippen molar-refractivity contribution in [3.8, 4) is 0 Å². The van der Waals surface area contributed by atoms with Gasteiger partial charge in [0.05, 0.1) is 13.5 Å². The SMILES string of the molecule is COC(=O)CCSc1ccc(F)cc1CN. The smallest absolute Gasteiger partial charge is 0.306 e. The highest BCUT2D eigenvalue weighted by Gasteiger charge is 2.05. The van der Waals surface area contributed by atoms with Crippen LogP contribution in [0.25, 0.3) is 0 Å². The maximum Gasteiger partial charge on any atom is 0.306 e. The average molecular weight is 243 g/mol. The van der Waals surface area contributed by atoms with E-state index in [9.17, 15) is 9.18 Å². The molecule has 1 rings (SSSR count). The molecule has 0 spiro atoms. The van der Waals surface area contributed by atoms with Crippen molar-refractivity contribution in [2.75, 3.05) is 12.9 Å². The maximum atomic E-state index is 12.9. The normalized spacial score (nSPS) is 10.2.